The molecule has 0 saturated carbocycles. The maximum Gasteiger partial charge on any atom is 0.254 e. The first kappa shape index (κ1) is 14.5. The topological polar surface area (TPSA) is 55.6 Å². The molecule has 1 fully saturated rings. The van der Waals surface area contributed by atoms with E-state index in [9.17, 15) is 4.79 Å². The predicted molar refractivity (Wildman–Crippen MR) is 68.7 cm³/mol. The molecule has 1 aliphatic heterocycles. The SMILES string of the molecule is CCC(C)(OC)C(=O)N1CCC(C(C)N)CC1. The molecule has 4 nitrogen and oxygen atoms in total. The fraction of sp³-hybridized carbons (Fsp3) is 0.923. The van der Waals surface area contributed by atoms with Crippen molar-refractivity contribution in [1.29, 1.82) is 0 Å². The number of rotatable bonds is 4. The maximum absolute atomic E-state index is 12.3. The van der Waals surface area contributed by atoms with Crippen LogP contribution in [-0.4, -0.2) is 42.6 Å². The molecule has 1 saturated heterocycles. The zero-order valence-electron chi connectivity index (χ0n) is 11.5. The molecule has 0 spiro atoms. The van der Waals surface area contributed by atoms with Crippen LogP contribution in [-0.2, 0) is 9.53 Å². The highest BCUT2D eigenvalue weighted by Gasteiger charge is 2.36. The summed E-state index contributed by atoms with van der Waals surface area (Å²) in [5.41, 5.74) is 5.23. The molecular formula is C13H26N2O2. The second-order valence-corrected chi connectivity index (χ2v) is 5.28. The number of nitrogens with two attached hydrogens (primary N) is 1. The Bertz CT molecular complexity index is 254. The van der Waals surface area contributed by atoms with Gasteiger partial charge in [-0.1, -0.05) is 6.92 Å². The number of hydrogen-bond acceptors (Lipinski definition) is 3. The van der Waals surface area contributed by atoms with Crippen molar-refractivity contribution in [3.8, 4) is 0 Å². The predicted octanol–water partition coefficient (Wildman–Crippen LogP) is 1.39. The first-order chi connectivity index (χ1) is 7.94. The first-order valence-electron chi connectivity index (χ1n) is 6.54. The minimum atomic E-state index is -0.666. The Balaban J connectivity index is 2.57. The first-order valence-corrected chi connectivity index (χ1v) is 6.54. The second-order valence-electron chi connectivity index (χ2n) is 5.28. The Morgan fingerprint density at radius 3 is 2.41 bits per heavy atom. The lowest BCUT2D eigenvalue weighted by Crippen LogP contribution is -2.51. The summed E-state index contributed by atoms with van der Waals surface area (Å²) < 4.78 is 5.36. The van der Waals surface area contributed by atoms with Crippen molar-refractivity contribution in [1.82, 2.24) is 4.90 Å². The van der Waals surface area contributed by atoms with E-state index in [4.69, 9.17) is 10.5 Å². The van der Waals surface area contributed by atoms with Crippen molar-refractivity contribution in [3.05, 3.63) is 0 Å². The van der Waals surface area contributed by atoms with Gasteiger partial charge in [-0.05, 0) is 39.0 Å². The van der Waals surface area contributed by atoms with Gasteiger partial charge in [0.2, 0.25) is 0 Å². The van der Waals surface area contributed by atoms with Crippen molar-refractivity contribution in [2.75, 3.05) is 20.2 Å². The molecule has 17 heavy (non-hydrogen) atoms. The lowest BCUT2D eigenvalue weighted by atomic mass is 9.89. The second kappa shape index (κ2) is 5.83. The van der Waals surface area contributed by atoms with Crippen molar-refractivity contribution >= 4 is 5.91 Å². The van der Waals surface area contributed by atoms with E-state index in [1.807, 2.05) is 25.7 Å². The summed E-state index contributed by atoms with van der Waals surface area (Å²) in [5, 5.41) is 0. The largest absolute Gasteiger partial charge is 0.369 e. The fourth-order valence-corrected chi connectivity index (χ4v) is 2.35. The third kappa shape index (κ3) is 3.19. The van der Waals surface area contributed by atoms with Crippen LogP contribution in [0.5, 0.6) is 0 Å². The van der Waals surface area contributed by atoms with Gasteiger partial charge in [0.15, 0.2) is 0 Å². The molecule has 0 aromatic rings. The van der Waals surface area contributed by atoms with Crippen molar-refractivity contribution in [3.63, 3.8) is 0 Å². The van der Waals surface area contributed by atoms with Gasteiger partial charge in [-0.3, -0.25) is 4.79 Å². The molecule has 0 aliphatic carbocycles. The molecule has 0 radical (unpaired) electrons. The van der Waals surface area contributed by atoms with E-state index in [0.717, 1.165) is 25.9 Å². The van der Waals surface area contributed by atoms with Gasteiger partial charge in [0, 0.05) is 26.2 Å². The number of carbonyl (C=O) groups is 1. The van der Waals surface area contributed by atoms with Crippen LogP contribution in [0.4, 0.5) is 0 Å². The highest BCUT2D eigenvalue weighted by atomic mass is 16.5. The summed E-state index contributed by atoms with van der Waals surface area (Å²) in [5.74, 6) is 0.667. The molecular weight excluding hydrogens is 216 g/mol. The summed E-state index contributed by atoms with van der Waals surface area (Å²) >= 11 is 0. The molecule has 0 bridgehead atoms. The molecule has 0 aromatic heterocycles. The van der Waals surface area contributed by atoms with Gasteiger partial charge in [-0.15, -0.1) is 0 Å². The van der Waals surface area contributed by atoms with E-state index >= 15 is 0 Å². The molecule has 100 valence electrons. The number of nitrogens with zero attached hydrogens (tertiary/aromatic N) is 1. The van der Waals surface area contributed by atoms with Crippen molar-refractivity contribution < 1.29 is 9.53 Å². The normalized spacial score (nSPS) is 23.2. The van der Waals surface area contributed by atoms with Gasteiger partial charge >= 0.3 is 0 Å². The van der Waals surface area contributed by atoms with E-state index in [-0.39, 0.29) is 11.9 Å². The molecule has 2 unspecified atom stereocenters. The van der Waals surface area contributed by atoms with Crippen LogP contribution in [0.1, 0.15) is 40.0 Å². The number of carbonyl (C=O) groups excluding carboxylic acids is 1. The van der Waals surface area contributed by atoms with Crippen LogP contribution < -0.4 is 5.73 Å². The number of methoxy groups -OCH3 is 1. The zero-order valence-corrected chi connectivity index (χ0v) is 11.5. The fourth-order valence-electron chi connectivity index (χ4n) is 2.35. The van der Waals surface area contributed by atoms with E-state index in [0.29, 0.717) is 12.3 Å². The summed E-state index contributed by atoms with van der Waals surface area (Å²) in [6, 6.07) is 0.229. The molecule has 4 heteroatoms. The van der Waals surface area contributed by atoms with Gasteiger partial charge in [0.05, 0.1) is 0 Å². The summed E-state index contributed by atoms with van der Waals surface area (Å²) in [4.78, 5) is 14.3. The van der Waals surface area contributed by atoms with Crippen LogP contribution in [0.15, 0.2) is 0 Å². The Morgan fingerprint density at radius 2 is 2.06 bits per heavy atom. The third-order valence-electron chi connectivity index (χ3n) is 4.15. The van der Waals surface area contributed by atoms with Gasteiger partial charge < -0.3 is 15.4 Å². The van der Waals surface area contributed by atoms with E-state index in [1.165, 1.54) is 0 Å². The molecule has 1 amide bonds. The number of amides is 1. The van der Waals surface area contributed by atoms with Crippen LogP contribution in [0, 0.1) is 5.92 Å². The Hall–Kier alpha value is -0.610. The lowest BCUT2D eigenvalue weighted by Gasteiger charge is -2.38. The minimum Gasteiger partial charge on any atom is -0.369 e. The number of hydrogen-bond donors (Lipinski definition) is 1. The Morgan fingerprint density at radius 1 is 1.53 bits per heavy atom. The quantitative estimate of drug-likeness (QED) is 0.810. The molecule has 0 aromatic carbocycles. The third-order valence-corrected chi connectivity index (χ3v) is 4.15. The van der Waals surface area contributed by atoms with Gasteiger partial charge in [-0.25, -0.2) is 0 Å². The van der Waals surface area contributed by atoms with Gasteiger partial charge in [0.1, 0.15) is 5.60 Å². The van der Waals surface area contributed by atoms with Crippen molar-refractivity contribution in [2.45, 2.75) is 51.7 Å². The average molecular weight is 242 g/mol. The van der Waals surface area contributed by atoms with Crippen LogP contribution in [0.25, 0.3) is 0 Å². The van der Waals surface area contributed by atoms with E-state index in [1.54, 1.807) is 7.11 Å². The van der Waals surface area contributed by atoms with Crippen LogP contribution in [0.3, 0.4) is 0 Å². The Labute approximate surface area is 104 Å². The Kier molecular flexibility index (Phi) is 4.95. The monoisotopic (exact) mass is 242 g/mol. The highest BCUT2D eigenvalue weighted by molar-refractivity contribution is 5.84. The highest BCUT2D eigenvalue weighted by Crippen LogP contribution is 2.24. The van der Waals surface area contributed by atoms with Gasteiger partial charge in [-0.2, -0.15) is 0 Å². The standard InChI is InChI=1S/C13H26N2O2/c1-5-13(3,17-4)12(16)15-8-6-11(7-9-15)10(2)14/h10-11H,5-9,14H2,1-4H3. The number of piperidine rings is 1. The molecule has 1 rings (SSSR count). The smallest absolute Gasteiger partial charge is 0.254 e. The molecule has 2 N–H and O–H groups in total. The van der Waals surface area contributed by atoms with E-state index in [2.05, 4.69) is 0 Å². The van der Waals surface area contributed by atoms with Crippen LogP contribution in [0.2, 0.25) is 0 Å². The average Bonchev–Trinajstić information content (AvgIpc) is 2.37. The zero-order chi connectivity index (χ0) is 13.1. The maximum atomic E-state index is 12.3. The number of ether oxygens (including phenoxy) is 1. The van der Waals surface area contributed by atoms with Crippen LogP contribution >= 0.6 is 0 Å². The molecule has 1 heterocycles. The summed E-state index contributed by atoms with van der Waals surface area (Å²) in [6.45, 7) is 7.52. The molecule has 1 aliphatic rings. The minimum absolute atomic E-state index is 0.116. The number of likely N-dealkylation sites (tertiary alicyclic amines) is 1. The summed E-state index contributed by atoms with van der Waals surface area (Å²) in [6.07, 6.45) is 2.72. The summed E-state index contributed by atoms with van der Waals surface area (Å²) in [7, 11) is 1.61. The lowest BCUT2D eigenvalue weighted by molar-refractivity contribution is -0.154. The molecule has 2 atom stereocenters. The van der Waals surface area contributed by atoms with Gasteiger partial charge in [0.25, 0.3) is 5.91 Å². The van der Waals surface area contributed by atoms with Crippen molar-refractivity contribution in [2.24, 2.45) is 11.7 Å². The van der Waals surface area contributed by atoms with E-state index < -0.39 is 5.60 Å².